The predicted octanol–water partition coefficient (Wildman–Crippen LogP) is 2.90. The van der Waals surface area contributed by atoms with E-state index >= 15 is 0 Å². The van der Waals surface area contributed by atoms with Crippen LogP contribution in [0.4, 0.5) is 17.1 Å². The fraction of sp³-hybridized carbons (Fsp3) is 0. The van der Waals surface area contributed by atoms with E-state index in [1.807, 2.05) is 0 Å². The topological polar surface area (TPSA) is 265 Å². The Bertz CT molecular complexity index is 1600. The van der Waals surface area contributed by atoms with Crippen molar-refractivity contribution >= 4 is 48.1 Å². The summed E-state index contributed by atoms with van der Waals surface area (Å²) in [6.07, 6.45) is 0. The number of nitrogen functional groups attached to an aromatic ring is 2. The quantitative estimate of drug-likeness (QED) is 0.0813. The number of nitro benzene ring substituents is 1. The maximum absolute atomic E-state index is 11.1. The molecule has 0 radical (unpaired) electrons. The first-order chi connectivity index (χ1) is 17.5. The lowest BCUT2D eigenvalue weighted by molar-refractivity contribution is -0.384. The van der Waals surface area contributed by atoms with Crippen molar-refractivity contribution in [3.8, 4) is 17.2 Å². The maximum atomic E-state index is 11.1. The summed E-state index contributed by atoms with van der Waals surface area (Å²) in [5.74, 6) is -0.371. The van der Waals surface area contributed by atoms with E-state index in [4.69, 9.17) is 30.8 Å². The highest BCUT2D eigenvalue weighted by atomic mass is 32.2. The third kappa shape index (κ3) is 8.20. The lowest BCUT2D eigenvalue weighted by Crippen LogP contribution is -2.02. The number of benzene rings is 4. The first kappa shape index (κ1) is 29.6. The van der Waals surface area contributed by atoms with Crippen molar-refractivity contribution in [1.82, 2.24) is 0 Å². The van der Waals surface area contributed by atoms with Gasteiger partial charge in [0.25, 0.3) is 25.9 Å². The minimum atomic E-state index is -4.59. The Morgan fingerprint density at radius 3 is 1.58 bits per heavy atom. The SMILES string of the molecule is Nc1cc(S(=O)(=O)O)cc2cc(S(=O)(=O)O)cc(O)c12.Nc1ccc([N+](=O)[O-])cc1.Oc1cccc(O)c1. The molecule has 14 nitrogen and oxygen atoms in total. The lowest BCUT2D eigenvalue weighted by atomic mass is 10.1. The van der Waals surface area contributed by atoms with Crippen LogP contribution in [0.3, 0.4) is 0 Å². The molecule has 0 atom stereocenters. The monoisotopic (exact) mass is 567 g/mol. The van der Waals surface area contributed by atoms with Gasteiger partial charge in [0.05, 0.1) is 14.7 Å². The van der Waals surface area contributed by atoms with Gasteiger partial charge in [-0.15, -0.1) is 0 Å². The smallest absolute Gasteiger partial charge is 0.294 e. The molecule has 0 bridgehead atoms. The number of fused-ring (bicyclic) bond motifs is 1. The largest absolute Gasteiger partial charge is 0.508 e. The number of anilines is 2. The summed E-state index contributed by atoms with van der Waals surface area (Å²) in [6, 6.07) is 15.1. The summed E-state index contributed by atoms with van der Waals surface area (Å²) in [5, 5.41) is 37.0. The summed E-state index contributed by atoms with van der Waals surface area (Å²) in [4.78, 5) is 8.43. The lowest BCUT2D eigenvalue weighted by Gasteiger charge is -2.08. The highest BCUT2D eigenvalue weighted by Crippen LogP contribution is 2.35. The second-order valence-corrected chi connectivity index (χ2v) is 10.2. The van der Waals surface area contributed by atoms with Crippen molar-refractivity contribution in [1.29, 1.82) is 0 Å². The van der Waals surface area contributed by atoms with Crippen LogP contribution in [0.25, 0.3) is 10.8 Å². The number of hydrogen-bond donors (Lipinski definition) is 7. The maximum Gasteiger partial charge on any atom is 0.294 e. The minimum absolute atomic E-state index is 0.00444. The van der Waals surface area contributed by atoms with Crippen LogP contribution in [0.15, 0.2) is 82.6 Å². The molecule has 0 saturated carbocycles. The Kier molecular flexibility index (Phi) is 9.04. The van der Waals surface area contributed by atoms with Crippen molar-refractivity contribution < 1.29 is 46.2 Å². The Labute approximate surface area is 215 Å². The van der Waals surface area contributed by atoms with Crippen LogP contribution in [0.1, 0.15) is 0 Å². The first-order valence-corrected chi connectivity index (χ1v) is 12.9. The van der Waals surface area contributed by atoms with E-state index in [9.17, 15) is 32.1 Å². The van der Waals surface area contributed by atoms with Gasteiger partial charge in [0.15, 0.2) is 0 Å². The molecule has 4 aromatic carbocycles. The van der Waals surface area contributed by atoms with Crippen LogP contribution in [-0.4, -0.2) is 46.2 Å². The molecule has 0 aromatic heterocycles. The normalized spacial score (nSPS) is 11.0. The zero-order chi connectivity index (χ0) is 28.8. The number of hydrogen-bond acceptors (Lipinski definition) is 11. The third-order valence-electron chi connectivity index (χ3n) is 4.54. The zero-order valence-electron chi connectivity index (χ0n) is 19.0. The number of rotatable bonds is 3. The van der Waals surface area contributed by atoms with Crippen LogP contribution < -0.4 is 11.5 Å². The fourth-order valence-corrected chi connectivity index (χ4v) is 3.95. The van der Waals surface area contributed by atoms with Crippen LogP contribution in [0.5, 0.6) is 17.2 Å². The van der Waals surface area contributed by atoms with Gasteiger partial charge in [-0.1, -0.05) is 6.07 Å². The molecule has 0 unspecified atom stereocenters. The molecule has 0 saturated heterocycles. The van der Waals surface area contributed by atoms with E-state index in [2.05, 4.69) is 0 Å². The van der Waals surface area contributed by atoms with Crippen LogP contribution in [0, 0.1) is 10.1 Å². The van der Waals surface area contributed by atoms with Gasteiger partial charge in [-0.3, -0.25) is 19.2 Å². The summed E-state index contributed by atoms with van der Waals surface area (Å²) in [7, 11) is -9.14. The van der Waals surface area contributed by atoms with Gasteiger partial charge in [-0.05, 0) is 47.9 Å². The summed E-state index contributed by atoms with van der Waals surface area (Å²) < 4.78 is 62.1. The molecule has 4 rings (SSSR count). The van der Waals surface area contributed by atoms with E-state index < -0.39 is 40.7 Å². The zero-order valence-corrected chi connectivity index (χ0v) is 20.7. The van der Waals surface area contributed by atoms with Gasteiger partial charge in [-0.2, -0.15) is 16.8 Å². The van der Waals surface area contributed by atoms with E-state index in [1.54, 1.807) is 6.07 Å². The molecule has 0 aliphatic carbocycles. The number of nitrogens with two attached hydrogens (primary N) is 2. The average molecular weight is 568 g/mol. The van der Waals surface area contributed by atoms with Crippen LogP contribution in [0.2, 0.25) is 0 Å². The first-order valence-electron chi connectivity index (χ1n) is 9.98. The highest BCUT2D eigenvalue weighted by Gasteiger charge is 2.18. The molecule has 16 heteroatoms. The molecule has 4 aromatic rings. The Morgan fingerprint density at radius 1 is 0.711 bits per heavy atom. The van der Waals surface area contributed by atoms with Crippen molar-refractivity contribution in [2.45, 2.75) is 9.79 Å². The molecular weight excluding hydrogens is 546 g/mol. The summed E-state index contributed by atoms with van der Waals surface area (Å²) in [6.45, 7) is 0. The third-order valence-corrected chi connectivity index (χ3v) is 6.20. The van der Waals surface area contributed by atoms with Crippen molar-refractivity contribution in [2.24, 2.45) is 0 Å². The molecule has 0 aliphatic heterocycles. The fourth-order valence-electron chi connectivity index (χ4n) is 2.86. The van der Waals surface area contributed by atoms with Crippen molar-refractivity contribution in [3.05, 3.63) is 82.9 Å². The van der Waals surface area contributed by atoms with Gasteiger partial charge in [0.2, 0.25) is 0 Å². The van der Waals surface area contributed by atoms with Gasteiger partial charge in [-0.25, -0.2) is 0 Å². The summed E-state index contributed by atoms with van der Waals surface area (Å²) in [5.41, 5.74) is 11.3. The molecule has 0 fully saturated rings. The number of non-ortho nitro benzene ring substituents is 1. The van der Waals surface area contributed by atoms with E-state index in [0.717, 1.165) is 24.3 Å². The molecule has 0 aliphatic rings. The minimum Gasteiger partial charge on any atom is -0.508 e. The molecular formula is C22H21N3O11S2. The molecule has 9 N–H and O–H groups in total. The Morgan fingerprint density at radius 2 is 1.18 bits per heavy atom. The van der Waals surface area contributed by atoms with E-state index in [1.165, 1.54) is 42.5 Å². The van der Waals surface area contributed by atoms with Crippen molar-refractivity contribution in [2.75, 3.05) is 11.5 Å². The van der Waals surface area contributed by atoms with E-state index in [0.29, 0.717) is 5.69 Å². The molecule has 38 heavy (non-hydrogen) atoms. The van der Waals surface area contributed by atoms with E-state index in [-0.39, 0.29) is 33.6 Å². The number of nitro groups is 1. The number of phenolic OH excluding ortho intramolecular Hbond substituents is 3. The highest BCUT2D eigenvalue weighted by molar-refractivity contribution is 7.86. The second-order valence-electron chi connectivity index (χ2n) is 7.37. The van der Waals surface area contributed by atoms with Crippen LogP contribution in [-0.2, 0) is 20.2 Å². The number of phenols is 3. The van der Waals surface area contributed by atoms with Gasteiger partial charge in [0, 0.05) is 41.0 Å². The standard InChI is InChI=1S/C10H9NO7S2.C6H6N2O2.C6H6O2/c11-8-3-6(19(13,14)15)1-5-2-7(20(16,17)18)4-9(12)10(5)8;7-5-1-3-6(4-2-5)8(9)10;7-5-2-1-3-6(8)4-5/h1-4,12H,11H2,(H,13,14,15)(H,16,17,18);1-4H,7H2;1-4,7-8H. The number of nitrogens with zero attached hydrogens (tertiary/aromatic N) is 1. The molecule has 202 valence electrons. The predicted molar refractivity (Wildman–Crippen MR) is 137 cm³/mol. The Hall–Kier alpha value is -4.64. The second kappa shape index (κ2) is 11.6. The number of aromatic hydroxyl groups is 3. The van der Waals surface area contributed by atoms with Crippen molar-refractivity contribution in [3.63, 3.8) is 0 Å². The van der Waals surface area contributed by atoms with Gasteiger partial charge < -0.3 is 26.8 Å². The molecule has 0 heterocycles. The molecule has 0 spiro atoms. The van der Waals surface area contributed by atoms with Crippen LogP contribution >= 0.6 is 0 Å². The van der Waals surface area contributed by atoms with Gasteiger partial charge in [0.1, 0.15) is 17.2 Å². The Balaban J connectivity index is 0.000000233. The molecule has 0 amide bonds. The summed E-state index contributed by atoms with van der Waals surface area (Å²) >= 11 is 0. The average Bonchev–Trinajstić information content (AvgIpc) is 2.78. The van der Waals surface area contributed by atoms with Gasteiger partial charge >= 0.3 is 0 Å².